The Morgan fingerprint density at radius 2 is 1.76 bits per heavy atom. The molecule has 0 spiro atoms. The molecule has 2 aromatic rings. The summed E-state index contributed by atoms with van der Waals surface area (Å²) in [6, 6.07) is 9.46. The van der Waals surface area contributed by atoms with E-state index in [0.717, 1.165) is 5.56 Å². The van der Waals surface area contributed by atoms with Crippen LogP contribution < -0.4 is 5.73 Å². The van der Waals surface area contributed by atoms with Crippen LogP contribution in [0.25, 0.3) is 11.4 Å². The number of piperidine rings is 1. The number of benzene rings is 1. The minimum atomic E-state index is -3.60. The minimum absolute atomic E-state index is 0. The van der Waals surface area contributed by atoms with Crippen molar-refractivity contribution in [1.29, 1.82) is 0 Å². The van der Waals surface area contributed by atoms with Crippen LogP contribution in [0.5, 0.6) is 0 Å². The first kappa shape index (κ1) is 19.8. The van der Waals surface area contributed by atoms with Crippen LogP contribution in [-0.2, 0) is 10.0 Å². The summed E-state index contributed by atoms with van der Waals surface area (Å²) in [5.74, 6) is 0.510. The largest absolute Gasteiger partial charge is 0.327 e. The standard InChI is InChI=1S/C17H22N4O2S.ClH/c1-17(2)12-21(9-8-15(17)18)24(22,23)14-10-19-16(20-11-14)13-6-4-3-5-7-13;/h3-7,10-11,15H,8-9,12,18H2,1-2H3;1H. The molecular formula is C17H23ClN4O2S. The maximum atomic E-state index is 12.8. The van der Waals surface area contributed by atoms with Crippen LogP contribution in [0, 0.1) is 5.41 Å². The molecule has 2 heterocycles. The second-order valence-electron chi connectivity index (χ2n) is 6.83. The van der Waals surface area contributed by atoms with Crippen LogP contribution in [0.3, 0.4) is 0 Å². The molecule has 1 atom stereocenters. The van der Waals surface area contributed by atoms with Crippen molar-refractivity contribution >= 4 is 22.4 Å². The van der Waals surface area contributed by atoms with Gasteiger partial charge in [-0.1, -0.05) is 44.2 Å². The zero-order chi connectivity index (χ0) is 17.4. The maximum absolute atomic E-state index is 12.8. The van der Waals surface area contributed by atoms with Crippen LogP contribution in [0.2, 0.25) is 0 Å². The van der Waals surface area contributed by atoms with Gasteiger partial charge in [0.1, 0.15) is 4.90 Å². The van der Waals surface area contributed by atoms with E-state index in [0.29, 0.717) is 25.3 Å². The second kappa shape index (κ2) is 7.37. The molecule has 0 saturated carbocycles. The molecule has 6 nitrogen and oxygen atoms in total. The first-order chi connectivity index (χ1) is 11.3. The van der Waals surface area contributed by atoms with Gasteiger partial charge >= 0.3 is 0 Å². The summed E-state index contributed by atoms with van der Waals surface area (Å²) in [6.45, 7) is 4.81. The van der Waals surface area contributed by atoms with Crippen LogP contribution in [0.4, 0.5) is 0 Å². The van der Waals surface area contributed by atoms with Gasteiger partial charge in [-0.2, -0.15) is 4.31 Å². The van der Waals surface area contributed by atoms with Crippen molar-refractivity contribution in [2.45, 2.75) is 31.2 Å². The number of rotatable bonds is 3. The Hall–Kier alpha value is -1.54. The first-order valence-electron chi connectivity index (χ1n) is 7.94. The summed E-state index contributed by atoms with van der Waals surface area (Å²) in [7, 11) is -3.60. The van der Waals surface area contributed by atoms with Gasteiger partial charge in [0.25, 0.3) is 0 Å². The van der Waals surface area contributed by atoms with Crippen molar-refractivity contribution in [2.24, 2.45) is 11.1 Å². The fourth-order valence-corrected chi connectivity index (χ4v) is 4.38. The Balaban J connectivity index is 0.00000225. The van der Waals surface area contributed by atoms with E-state index in [1.807, 2.05) is 44.2 Å². The van der Waals surface area contributed by atoms with Crippen LogP contribution in [0.15, 0.2) is 47.6 Å². The molecule has 1 unspecified atom stereocenters. The SMILES string of the molecule is CC1(C)CN(S(=O)(=O)c2cnc(-c3ccccc3)nc2)CCC1N.Cl. The lowest BCUT2D eigenvalue weighted by molar-refractivity contribution is 0.155. The van der Waals surface area contributed by atoms with E-state index < -0.39 is 10.0 Å². The van der Waals surface area contributed by atoms with Gasteiger partial charge in [0.15, 0.2) is 5.82 Å². The average molecular weight is 383 g/mol. The Bertz CT molecular complexity index is 810. The average Bonchev–Trinajstić information content (AvgIpc) is 2.58. The van der Waals surface area contributed by atoms with Crippen LogP contribution >= 0.6 is 12.4 Å². The first-order valence-corrected chi connectivity index (χ1v) is 9.38. The zero-order valence-electron chi connectivity index (χ0n) is 14.3. The van der Waals surface area contributed by atoms with Crippen molar-refractivity contribution < 1.29 is 8.42 Å². The Labute approximate surface area is 154 Å². The van der Waals surface area contributed by atoms with Gasteiger partial charge in [-0.15, -0.1) is 12.4 Å². The van der Waals surface area contributed by atoms with E-state index >= 15 is 0 Å². The Morgan fingerprint density at radius 1 is 1.16 bits per heavy atom. The van der Waals surface area contributed by atoms with Gasteiger partial charge in [0.05, 0.1) is 12.4 Å². The molecule has 3 rings (SSSR count). The summed E-state index contributed by atoms with van der Waals surface area (Å²) < 4.78 is 27.2. The predicted molar refractivity (Wildman–Crippen MR) is 99.8 cm³/mol. The van der Waals surface area contributed by atoms with E-state index in [-0.39, 0.29) is 28.8 Å². The lowest BCUT2D eigenvalue weighted by atomic mass is 9.81. The third-order valence-corrected chi connectivity index (χ3v) is 6.37. The van der Waals surface area contributed by atoms with Crippen molar-refractivity contribution in [2.75, 3.05) is 13.1 Å². The highest BCUT2D eigenvalue weighted by Crippen LogP contribution is 2.31. The lowest BCUT2D eigenvalue weighted by Crippen LogP contribution is -2.53. The highest BCUT2D eigenvalue weighted by atomic mass is 35.5. The molecule has 1 aromatic carbocycles. The fourth-order valence-electron chi connectivity index (χ4n) is 2.86. The molecule has 136 valence electrons. The number of nitrogens with two attached hydrogens (primary N) is 1. The minimum Gasteiger partial charge on any atom is -0.327 e. The van der Waals surface area contributed by atoms with Gasteiger partial charge in [-0.05, 0) is 11.8 Å². The number of hydrogen-bond acceptors (Lipinski definition) is 5. The lowest BCUT2D eigenvalue weighted by Gasteiger charge is -2.41. The van der Waals surface area contributed by atoms with Gasteiger partial charge in [0.2, 0.25) is 10.0 Å². The molecule has 0 radical (unpaired) electrons. The maximum Gasteiger partial charge on any atom is 0.246 e. The molecule has 1 aliphatic heterocycles. The summed E-state index contributed by atoms with van der Waals surface area (Å²) in [5, 5.41) is 0. The van der Waals surface area contributed by atoms with Crippen LogP contribution in [-0.4, -0.2) is 41.8 Å². The van der Waals surface area contributed by atoms with Crippen molar-refractivity contribution in [3.63, 3.8) is 0 Å². The topological polar surface area (TPSA) is 89.2 Å². The van der Waals surface area contributed by atoms with Gasteiger partial charge in [-0.25, -0.2) is 18.4 Å². The van der Waals surface area contributed by atoms with Crippen LogP contribution in [0.1, 0.15) is 20.3 Å². The highest BCUT2D eigenvalue weighted by Gasteiger charge is 2.39. The molecule has 25 heavy (non-hydrogen) atoms. The van der Waals surface area contributed by atoms with Crippen molar-refractivity contribution in [3.05, 3.63) is 42.7 Å². The second-order valence-corrected chi connectivity index (χ2v) is 8.77. The van der Waals surface area contributed by atoms with E-state index in [4.69, 9.17) is 5.73 Å². The summed E-state index contributed by atoms with van der Waals surface area (Å²) in [5.41, 5.74) is 6.69. The molecule has 1 aliphatic rings. The summed E-state index contributed by atoms with van der Waals surface area (Å²) >= 11 is 0. The molecule has 1 fully saturated rings. The van der Waals surface area contributed by atoms with Gasteiger partial charge in [-0.3, -0.25) is 0 Å². The van der Waals surface area contributed by atoms with E-state index in [2.05, 4.69) is 9.97 Å². The molecule has 0 bridgehead atoms. The molecule has 8 heteroatoms. The van der Waals surface area contributed by atoms with Gasteiger partial charge in [0, 0.05) is 24.7 Å². The fraction of sp³-hybridized carbons (Fsp3) is 0.412. The monoisotopic (exact) mass is 382 g/mol. The molecule has 2 N–H and O–H groups in total. The third-order valence-electron chi connectivity index (χ3n) is 4.58. The third kappa shape index (κ3) is 4.00. The quantitative estimate of drug-likeness (QED) is 0.879. The zero-order valence-corrected chi connectivity index (χ0v) is 15.9. The Morgan fingerprint density at radius 3 is 2.32 bits per heavy atom. The summed E-state index contributed by atoms with van der Waals surface area (Å²) in [6.07, 6.45) is 3.41. The van der Waals surface area contributed by atoms with Crippen molar-refractivity contribution in [3.8, 4) is 11.4 Å². The number of aromatic nitrogens is 2. The predicted octanol–water partition coefficient (Wildman–Crippen LogP) is 2.31. The normalized spacial score (nSPS) is 20.7. The number of halogens is 1. The molecule has 1 saturated heterocycles. The molecular weight excluding hydrogens is 360 g/mol. The van der Waals surface area contributed by atoms with Crippen molar-refractivity contribution in [1.82, 2.24) is 14.3 Å². The summed E-state index contributed by atoms with van der Waals surface area (Å²) in [4.78, 5) is 8.56. The van der Waals surface area contributed by atoms with E-state index in [1.165, 1.54) is 16.7 Å². The number of nitrogens with zero attached hydrogens (tertiary/aromatic N) is 3. The highest BCUT2D eigenvalue weighted by molar-refractivity contribution is 7.89. The number of sulfonamides is 1. The Kier molecular flexibility index (Phi) is 5.83. The van der Waals surface area contributed by atoms with E-state index in [9.17, 15) is 8.42 Å². The molecule has 0 aliphatic carbocycles. The van der Waals surface area contributed by atoms with E-state index in [1.54, 1.807) is 0 Å². The van der Waals surface area contributed by atoms with Gasteiger partial charge < -0.3 is 5.73 Å². The molecule has 1 aromatic heterocycles. The number of hydrogen-bond donors (Lipinski definition) is 1. The molecule has 0 amide bonds. The smallest absolute Gasteiger partial charge is 0.246 e.